The first-order chi connectivity index (χ1) is 15.5. The lowest BCUT2D eigenvalue weighted by Gasteiger charge is -2.21. The van der Waals surface area contributed by atoms with Crippen LogP contribution in [-0.4, -0.2) is 69.1 Å². The molecule has 1 amide bonds. The molecule has 1 aromatic carbocycles. The van der Waals surface area contributed by atoms with E-state index >= 15 is 0 Å². The van der Waals surface area contributed by atoms with Crippen LogP contribution in [0, 0.1) is 12.7 Å². The van der Waals surface area contributed by atoms with Crippen molar-refractivity contribution in [2.45, 2.75) is 26.1 Å². The summed E-state index contributed by atoms with van der Waals surface area (Å²) in [6.07, 6.45) is -0.149. The van der Waals surface area contributed by atoms with Crippen molar-refractivity contribution in [1.82, 2.24) is 35.5 Å². The van der Waals surface area contributed by atoms with Crippen molar-refractivity contribution in [3.05, 3.63) is 47.2 Å². The average molecular weight is 443 g/mol. The summed E-state index contributed by atoms with van der Waals surface area (Å²) in [5.41, 5.74) is 1.21. The molecule has 3 aromatic rings. The number of hydrogen-bond donors (Lipinski definition) is 1. The highest BCUT2D eigenvalue weighted by atomic mass is 19.1. The highest BCUT2D eigenvalue weighted by Gasteiger charge is 2.19. The van der Waals surface area contributed by atoms with Crippen LogP contribution in [0.2, 0.25) is 0 Å². The number of hydrogen-bond acceptors (Lipinski definition) is 9. The van der Waals surface area contributed by atoms with Crippen LogP contribution < -0.4 is 10.1 Å². The van der Waals surface area contributed by atoms with Crippen molar-refractivity contribution in [3.8, 4) is 17.3 Å². The van der Waals surface area contributed by atoms with Gasteiger partial charge in [0.25, 0.3) is 5.91 Å². The van der Waals surface area contributed by atoms with Crippen LogP contribution in [0.4, 0.5) is 4.39 Å². The minimum absolute atomic E-state index is 0.108. The Morgan fingerprint density at radius 1 is 1.31 bits per heavy atom. The first-order valence-electron chi connectivity index (χ1n) is 9.95. The Balaban J connectivity index is 1.44. The number of halogens is 1. The standard InChI is InChI=1S/C20H22FN7O4/c1-12-23-16(19-25-27-28(26-19)10-14-11-31-5-6-32-14)8-17(24-12)20(29)22-9-13-3-4-15(21)18(7-13)30-2/h3-4,7-8,14H,5-6,9-11H2,1-2H3,(H,22,29)/t14-/m1/s1. The Kier molecular flexibility index (Phi) is 6.61. The summed E-state index contributed by atoms with van der Waals surface area (Å²) < 4.78 is 29.5. The fourth-order valence-corrected chi connectivity index (χ4v) is 3.13. The monoisotopic (exact) mass is 443 g/mol. The number of aryl methyl sites for hydroxylation is 1. The molecular formula is C20H22FN7O4. The van der Waals surface area contributed by atoms with Crippen LogP contribution in [0.25, 0.3) is 11.5 Å². The smallest absolute Gasteiger partial charge is 0.270 e. The maximum Gasteiger partial charge on any atom is 0.270 e. The summed E-state index contributed by atoms with van der Waals surface area (Å²) in [6.45, 7) is 3.81. The minimum Gasteiger partial charge on any atom is -0.494 e. The van der Waals surface area contributed by atoms with Crippen molar-refractivity contribution in [3.63, 3.8) is 0 Å². The van der Waals surface area contributed by atoms with E-state index in [-0.39, 0.29) is 29.9 Å². The lowest BCUT2D eigenvalue weighted by molar-refractivity contribution is -0.0959. The number of benzene rings is 1. The van der Waals surface area contributed by atoms with Gasteiger partial charge in [-0.15, -0.1) is 10.2 Å². The van der Waals surface area contributed by atoms with Crippen LogP contribution in [0.5, 0.6) is 5.75 Å². The van der Waals surface area contributed by atoms with E-state index < -0.39 is 11.7 Å². The first kappa shape index (κ1) is 21.7. The van der Waals surface area contributed by atoms with Crippen molar-refractivity contribution in [2.75, 3.05) is 26.9 Å². The van der Waals surface area contributed by atoms with Crippen molar-refractivity contribution in [2.24, 2.45) is 0 Å². The number of nitrogens with one attached hydrogen (secondary N) is 1. The number of tetrazole rings is 1. The Morgan fingerprint density at radius 2 is 2.19 bits per heavy atom. The molecule has 3 heterocycles. The lowest BCUT2D eigenvalue weighted by Crippen LogP contribution is -2.33. The molecule has 1 aliphatic heterocycles. The maximum atomic E-state index is 13.6. The number of amides is 1. The van der Waals surface area contributed by atoms with Gasteiger partial charge in [-0.3, -0.25) is 4.79 Å². The zero-order valence-corrected chi connectivity index (χ0v) is 17.6. The van der Waals surface area contributed by atoms with Crippen LogP contribution in [0.3, 0.4) is 0 Å². The van der Waals surface area contributed by atoms with Gasteiger partial charge in [-0.1, -0.05) is 6.07 Å². The molecule has 1 fully saturated rings. The van der Waals surface area contributed by atoms with E-state index in [1.54, 1.807) is 13.0 Å². The Labute approximate surface area is 182 Å². The maximum absolute atomic E-state index is 13.6. The molecule has 168 valence electrons. The Morgan fingerprint density at radius 3 is 2.97 bits per heavy atom. The molecule has 12 heteroatoms. The van der Waals surface area contributed by atoms with Crippen LogP contribution in [0.1, 0.15) is 21.9 Å². The molecule has 2 aromatic heterocycles. The number of carbonyl (C=O) groups excluding carboxylic acids is 1. The lowest BCUT2D eigenvalue weighted by atomic mass is 10.2. The van der Waals surface area contributed by atoms with Gasteiger partial charge in [0.1, 0.15) is 23.3 Å². The quantitative estimate of drug-likeness (QED) is 0.567. The molecule has 4 rings (SSSR count). The van der Waals surface area contributed by atoms with Gasteiger partial charge in [0.2, 0.25) is 5.82 Å². The third-order valence-electron chi connectivity index (χ3n) is 4.67. The number of rotatable bonds is 7. The Hall–Kier alpha value is -3.51. The van der Waals surface area contributed by atoms with Crippen molar-refractivity contribution < 1.29 is 23.4 Å². The molecular weight excluding hydrogens is 421 g/mol. The average Bonchev–Trinajstić information content (AvgIpc) is 3.27. The fourth-order valence-electron chi connectivity index (χ4n) is 3.13. The van der Waals surface area contributed by atoms with E-state index in [9.17, 15) is 9.18 Å². The van der Waals surface area contributed by atoms with Crippen LogP contribution >= 0.6 is 0 Å². The van der Waals surface area contributed by atoms with Crippen molar-refractivity contribution >= 4 is 5.91 Å². The van der Waals surface area contributed by atoms with Gasteiger partial charge in [-0.25, -0.2) is 14.4 Å². The zero-order chi connectivity index (χ0) is 22.5. The number of ether oxygens (including phenoxy) is 3. The molecule has 0 bridgehead atoms. The number of aromatic nitrogens is 6. The molecule has 1 N–H and O–H groups in total. The molecule has 0 saturated carbocycles. The predicted molar refractivity (Wildman–Crippen MR) is 108 cm³/mol. The second-order valence-electron chi connectivity index (χ2n) is 7.07. The molecule has 0 radical (unpaired) electrons. The number of methoxy groups -OCH3 is 1. The third-order valence-corrected chi connectivity index (χ3v) is 4.67. The summed E-state index contributed by atoms with van der Waals surface area (Å²) in [5.74, 6) is -0.126. The normalized spacial score (nSPS) is 16.0. The SMILES string of the molecule is COc1cc(CNC(=O)c2cc(-c3nnn(C[C@@H]4COCCO4)n3)nc(C)n2)ccc1F. The molecule has 11 nitrogen and oxygen atoms in total. The predicted octanol–water partition coefficient (Wildman–Crippen LogP) is 0.932. The Bertz CT molecular complexity index is 1100. The second kappa shape index (κ2) is 9.75. The largest absolute Gasteiger partial charge is 0.494 e. The van der Waals surface area contributed by atoms with Gasteiger partial charge in [-0.05, 0) is 35.9 Å². The van der Waals surface area contributed by atoms with E-state index in [1.807, 2.05) is 0 Å². The van der Waals surface area contributed by atoms with E-state index in [0.717, 1.165) is 0 Å². The summed E-state index contributed by atoms with van der Waals surface area (Å²) >= 11 is 0. The first-order valence-corrected chi connectivity index (χ1v) is 9.95. The number of carbonyl (C=O) groups is 1. The molecule has 32 heavy (non-hydrogen) atoms. The van der Waals surface area contributed by atoms with Gasteiger partial charge in [-0.2, -0.15) is 4.80 Å². The van der Waals surface area contributed by atoms with Gasteiger partial charge < -0.3 is 19.5 Å². The van der Waals surface area contributed by atoms with E-state index in [4.69, 9.17) is 14.2 Å². The third kappa shape index (κ3) is 5.21. The molecule has 1 saturated heterocycles. The van der Waals surface area contributed by atoms with Gasteiger partial charge in [0, 0.05) is 6.54 Å². The van der Waals surface area contributed by atoms with Gasteiger partial charge >= 0.3 is 0 Å². The highest BCUT2D eigenvalue weighted by Crippen LogP contribution is 2.18. The number of nitrogens with zero attached hydrogens (tertiary/aromatic N) is 6. The van der Waals surface area contributed by atoms with E-state index in [2.05, 4.69) is 30.7 Å². The topological polar surface area (TPSA) is 126 Å². The zero-order valence-electron chi connectivity index (χ0n) is 17.6. The van der Waals surface area contributed by atoms with Crippen LogP contribution in [-0.2, 0) is 22.6 Å². The van der Waals surface area contributed by atoms with Crippen LogP contribution in [0.15, 0.2) is 24.3 Å². The fraction of sp³-hybridized carbons (Fsp3) is 0.400. The van der Waals surface area contributed by atoms with E-state index in [1.165, 1.54) is 30.1 Å². The molecule has 1 aliphatic rings. The van der Waals surface area contributed by atoms with Crippen molar-refractivity contribution in [1.29, 1.82) is 0 Å². The van der Waals surface area contributed by atoms with Gasteiger partial charge in [0.05, 0.1) is 33.5 Å². The van der Waals surface area contributed by atoms with Gasteiger partial charge in [0.15, 0.2) is 11.6 Å². The summed E-state index contributed by atoms with van der Waals surface area (Å²) in [5, 5.41) is 15.1. The molecule has 1 atom stereocenters. The molecule has 0 unspecified atom stereocenters. The minimum atomic E-state index is -0.471. The molecule has 0 aliphatic carbocycles. The van der Waals surface area contributed by atoms with E-state index in [0.29, 0.717) is 43.4 Å². The summed E-state index contributed by atoms with van der Waals surface area (Å²) in [6, 6.07) is 5.87. The second-order valence-corrected chi connectivity index (χ2v) is 7.07. The highest BCUT2D eigenvalue weighted by molar-refractivity contribution is 5.93. The summed E-state index contributed by atoms with van der Waals surface area (Å²) in [7, 11) is 1.38. The molecule has 0 spiro atoms. The summed E-state index contributed by atoms with van der Waals surface area (Å²) in [4.78, 5) is 22.6.